The van der Waals surface area contributed by atoms with Gasteiger partial charge in [-0.05, 0) is 6.42 Å². The van der Waals surface area contributed by atoms with Crippen LogP contribution in [0.3, 0.4) is 0 Å². The van der Waals surface area contributed by atoms with Gasteiger partial charge >= 0.3 is 0 Å². The van der Waals surface area contributed by atoms with E-state index in [0.717, 1.165) is 30.3 Å². The van der Waals surface area contributed by atoms with Crippen LogP contribution in [0.1, 0.15) is 19.2 Å². The maximum atomic E-state index is 9.29. The number of ether oxygens (including phenoxy) is 1. The van der Waals surface area contributed by atoms with Gasteiger partial charge in [0.15, 0.2) is 0 Å². The van der Waals surface area contributed by atoms with Crippen molar-refractivity contribution in [2.24, 2.45) is 0 Å². The van der Waals surface area contributed by atoms with E-state index >= 15 is 0 Å². The Labute approximate surface area is 108 Å². The summed E-state index contributed by atoms with van der Waals surface area (Å²) in [5.41, 5.74) is 0. The van der Waals surface area contributed by atoms with E-state index in [4.69, 9.17) is 4.74 Å². The maximum absolute atomic E-state index is 9.29. The summed E-state index contributed by atoms with van der Waals surface area (Å²) in [4.78, 5) is 8.70. The third kappa shape index (κ3) is 4.46. The summed E-state index contributed by atoms with van der Waals surface area (Å²) in [6, 6.07) is 1.77. The number of methoxy groups -OCH3 is 1. The number of nitrogens with one attached hydrogen (secondary N) is 2. The van der Waals surface area contributed by atoms with Crippen molar-refractivity contribution in [1.29, 1.82) is 0 Å². The average molecular weight is 254 g/mol. The van der Waals surface area contributed by atoms with Gasteiger partial charge in [-0.1, -0.05) is 6.92 Å². The zero-order chi connectivity index (χ0) is 13.4. The normalized spacial score (nSPS) is 12.2. The first kappa shape index (κ1) is 14.7. The molecule has 1 atom stereocenters. The number of hydrogen-bond donors (Lipinski definition) is 3. The molecular formula is C12H22N4O2. The second kappa shape index (κ2) is 7.84. The summed E-state index contributed by atoms with van der Waals surface area (Å²) in [5.74, 6) is 2.27. The van der Waals surface area contributed by atoms with Gasteiger partial charge in [-0.25, -0.2) is 9.97 Å². The van der Waals surface area contributed by atoms with Crippen molar-refractivity contribution in [2.45, 2.75) is 25.8 Å². The van der Waals surface area contributed by atoms with Crippen LogP contribution in [0.15, 0.2) is 6.07 Å². The SMILES string of the molecule is CCc1nc(NC)cc(NC(CO)CCOC)n1. The van der Waals surface area contributed by atoms with Crippen LogP contribution in [-0.2, 0) is 11.2 Å². The van der Waals surface area contributed by atoms with E-state index in [1.165, 1.54) is 0 Å². The third-order valence-electron chi connectivity index (χ3n) is 2.59. The van der Waals surface area contributed by atoms with Gasteiger partial charge in [0.05, 0.1) is 12.6 Å². The van der Waals surface area contributed by atoms with Gasteiger partial charge in [-0.3, -0.25) is 0 Å². The highest BCUT2D eigenvalue weighted by molar-refractivity contribution is 5.47. The first-order chi connectivity index (χ1) is 8.73. The number of aryl methyl sites for hydroxylation is 1. The monoisotopic (exact) mass is 254 g/mol. The fourth-order valence-electron chi connectivity index (χ4n) is 1.54. The molecule has 1 unspecified atom stereocenters. The molecule has 0 amide bonds. The molecule has 0 bridgehead atoms. The van der Waals surface area contributed by atoms with Gasteiger partial charge in [0.1, 0.15) is 17.5 Å². The Hall–Kier alpha value is -1.40. The van der Waals surface area contributed by atoms with E-state index < -0.39 is 0 Å². The van der Waals surface area contributed by atoms with E-state index in [1.54, 1.807) is 7.11 Å². The lowest BCUT2D eigenvalue weighted by molar-refractivity contribution is 0.174. The topological polar surface area (TPSA) is 79.3 Å². The minimum atomic E-state index is -0.0609. The molecule has 0 aliphatic rings. The van der Waals surface area contributed by atoms with Crippen molar-refractivity contribution in [3.63, 3.8) is 0 Å². The van der Waals surface area contributed by atoms with Crippen LogP contribution in [0, 0.1) is 0 Å². The summed E-state index contributed by atoms with van der Waals surface area (Å²) >= 11 is 0. The van der Waals surface area contributed by atoms with Crippen LogP contribution in [0.2, 0.25) is 0 Å². The van der Waals surface area contributed by atoms with Gasteiger partial charge in [-0.15, -0.1) is 0 Å². The summed E-state index contributed by atoms with van der Waals surface area (Å²) in [6.07, 6.45) is 1.50. The molecule has 6 nitrogen and oxygen atoms in total. The van der Waals surface area contributed by atoms with Crippen LogP contribution >= 0.6 is 0 Å². The third-order valence-corrected chi connectivity index (χ3v) is 2.59. The lowest BCUT2D eigenvalue weighted by atomic mass is 10.2. The van der Waals surface area contributed by atoms with Crippen molar-refractivity contribution in [3.8, 4) is 0 Å². The van der Waals surface area contributed by atoms with Crippen LogP contribution < -0.4 is 10.6 Å². The number of nitrogens with zero attached hydrogens (tertiary/aromatic N) is 2. The quantitative estimate of drug-likeness (QED) is 0.639. The second-order valence-corrected chi connectivity index (χ2v) is 3.96. The molecule has 0 aliphatic heterocycles. The number of aromatic nitrogens is 2. The van der Waals surface area contributed by atoms with E-state index in [-0.39, 0.29) is 12.6 Å². The molecule has 0 saturated carbocycles. The Balaban J connectivity index is 2.74. The van der Waals surface area contributed by atoms with Gasteiger partial charge in [0.2, 0.25) is 0 Å². The molecule has 0 aliphatic carbocycles. The molecule has 0 aromatic carbocycles. The number of aliphatic hydroxyl groups is 1. The summed E-state index contributed by atoms with van der Waals surface area (Å²) in [7, 11) is 3.47. The molecule has 1 heterocycles. The molecule has 0 spiro atoms. The van der Waals surface area contributed by atoms with Crippen LogP contribution in [0.4, 0.5) is 11.6 Å². The molecule has 102 valence electrons. The Bertz CT molecular complexity index is 338. The molecule has 1 aromatic rings. The highest BCUT2D eigenvalue weighted by Gasteiger charge is 2.09. The van der Waals surface area contributed by atoms with Crippen molar-refractivity contribution in [1.82, 2.24) is 9.97 Å². The van der Waals surface area contributed by atoms with Crippen molar-refractivity contribution in [2.75, 3.05) is 38.0 Å². The average Bonchev–Trinajstić information content (AvgIpc) is 2.42. The number of aliphatic hydroxyl groups excluding tert-OH is 1. The summed E-state index contributed by atoms with van der Waals surface area (Å²) < 4.78 is 5.01. The fraction of sp³-hybridized carbons (Fsp3) is 0.667. The zero-order valence-corrected chi connectivity index (χ0v) is 11.2. The molecule has 0 radical (unpaired) electrons. The first-order valence-electron chi connectivity index (χ1n) is 6.15. The lowest BCUT2D eigenvalue weighted by Crippen LogP contribution is -2.26. The molecule has 3 N–H and O–H groups in total. The lowest BCUT2D eigenvalue weighted by Gasteiger charge is -2.17. The van der Waals surface area contributed by atoms with Gasteiger partial charge in [-0.2, -0.15) is 0 Å². The predicted octanol–water partition coefficient (Wildman–Crippen LogP) is 0.890. The summed E-state index contributed by atoms with van der Waals surface area (Å²) in [6.45, 7) is 2.65. The number of rotatable bonds is 8. The Morgan fingerprint density at radius 1 is 1.39 bits per heavy atom. The fourth-order valence-corrected chi connectivity index (χ4v) is 1.54. The van der Waals surface area contributed by atoms with Crippen molar-refractivity contribution < 1.29 is 9.84 Å². The van der Waals surface area contributed by atoms with Crippen LogP contribution in [0.5, 0.6) is 0 Å². The van der Waals surface area contributed by atoms with Gasteiger partial charge in [0, 0.05) is 33.3 Å². The van der Waals surface area contributed by atoms with Crippen molar-refractivity contribution in [3.05, 3.63) is 11.9 Å². The van der Waals surface area contributed by atoms with E-state index in [2.05, 4.69) is 20.6 Å². The Morgan fingerprint density at radius 2 is 2.11 bits per heavy atom. The molecular weight excluding hydrogens is 232 g/mol. The molecule has 6 heteroatoms. The molecule has 0 saturated heterocycles. The molecule has 0 fully saturated rings. The predicted molar refractivity (Wildman–Crippen MR) is 71.9 cm³/mol. The van der Waals surface area contributed by atoms with E-state index in [0.29, 0.717) is 6.61 Å². The summed E-state index contributed by atoms with van der Waals surface area (Å²) in [5, 5.41) is 15.5. The van der Waals surface area contributed by atoms with Gasteiger partial charge in [0.25, 0.3) is 0 Å². The Morgan fingerprint density at radius 3 is 2.67 bits per heavy atom. The second-order valence-electron chi connectivity index (χ2n) is 3.96. The highest BCUT2D eigenvalue weighted by Crippen LogP contribution is 2.13. The molecule has 1 aromatic heterocycles. The number of anilines is 2. The minimum Gasteiger partial charge on any atom is -0.394 e. The maximum Gasteiger partial charge on any atom is 0.132 e. The van der Waals surface area contributed by atoms with E-state index in [9.17, 15) is 5.11 Å². The largest absolute Gasteiger partial charge is 0.394 e. The van der Waals surface area contributed by atoms with Gasteiger partial charge < -0.3 is 20.5 Å². The highest BCUT2D eigenvalue weighted by atomic mass is 16.5. The zero-order valence-electron chi connectivity index (χ0n) is 11.2. The van der Waals surface area contributed by atoms with Crippen LogP contribution in [0.25, 0.3) is 0 Å². The minimum absolute atomic E-state index is 0.0453. The van der Waals surface area contributed by atoms with Crippen LogP contribution in [-0.4, -0.2) is 48.5 Å². The molecule has 18 heavy (non-hydrogen) atoms. The first-order valence-corrected chi connectivity index (χ1v) is 6.15. The standard InChI is InChI=1S/C12H22N4O2/c1-4-10-15-11(13-2)7-12(16-10)14-9(8-17)5-6-18-3/h7,9,17H,4-6,8H2,1-3H3,(H2,13,14,15,16). The van der Waals surface area contributed by atoms with Crippen molar-refractivity contribution >= 4 is 11.6 Å². The Kier molecular flexibility index (Phi) is 6.38. The smallest absolute Gasteiger partial charge is 0.132 e. The van der Waals surface area contributed by atoms with E-state index in [1.807, 2.05) is 20.0 Å². The molecule has 1 rings (SSSR count). The number of hydrogen-bond acceptors (Lipinski definition) is 6.